The van der Waals surface area contributed by atoms with E-state index in [-0.39, 0.29) is 11.9 Å². The first kappa shape index (κ1) is 19.3. The molecule has 0 unspecified atom stereocenters. The van der Waals surface area contributed by atoms with Crippen molar-refractivity contribution < 1.29 is 9.32 Å². The fraction of sp³-hybridized carbons (Fsp3) is 0.185. The summed E-state index contributed by atoms with van der Waals surface area (Å²) in [7, 11) is 0. The van der Waals surface area contributed by atoms with Crippen molar-refractivity contribution in [1.29, 1.82) is 0 Å². The van der Waals surface area contributed by atoms with Crippen molar-refractivity contribution in [3.05, 3.63) is 112 Å². The average Bonchev–Trinajstić information content (AvgIpc) is 3.20. The number of carbonyl (C=O) groups is 1. The number of aryl methyl sites for hydroxylation is 2. The maximum atomic E-state index is 14.0. The Bertz CT molecular complexity index is 1230. The first-order valence-electron chi connectivity index (χ1n) is 10.6. The Labute approximate surface area is 182 Å². The van der Waals surface area contributed by atoms with Crippen molar-refractivity contribution >= 4 is 5.91 Å². The van der Waals surface area contributed by atoms with Crippen molar-refractivity contribution in [3.63, 3.8) is 0 Å². The number of benzene rings is 3. The number of hydrogen-bond donors (Lipinski definition) is 0. The van der Waals surface area contributed by atoms with E-state index in [2.05, 4.69) is 54.5 Å². The first-order valence-corrected chi connectivity index (χ1v) is 10.6. The Morgan fingerprint density at radius 3 is 2.42 bits per heavy atom. The molecule has 0 N–H and O–H groups in total. The minimum absolute atomic E-state index is 0.0438. The summed E-state index contributed by atoms with van der Waals surface area (Å²) in [4.78, 5) is 15.9. The Hall–Kier alpha value is -3.66. The van der Waals surface area contributed by atoms with Gasteiger partial charge in [-0.15, -0.1) is 0 Å². The van der Waals surface area contributed by atoms with Crippen LogP contribution in [0, 0.1) is 13.8 Å². The van der Waals surface area contributed by atoms with Gasteiger partial charge in [-0.05, 0) is 37.0 Å². The molecule has 1 atom stereocenters. The van der Waals surface area contributed by atoms with Crippen LogP contribution in [-0.2, 0) is 6.42 Å². The zero-order valence-corrected chi connectivity index (χ0v) is 17.7. The number of amides is 1. The molecule has 1 aromatic heterocycles. The molecule has 5 rings (SSSR count). The summed E-state index contributed by atoms with van der Waals surface area (Å²) in [5, 5.41) is 4.23. The average molecular weight is 409 g/mol. The van der Waals surface area contributed by atoms with Crippen molar-refractivity contribution in [2.45, 2.75) is 26.3 Å². The van der Waals surface area contributed by atoms with Crippen LogP contribution in [0.3, 0.4) is 0 Å². The molecule has 1 aliphatic rings. The molecule has 0 fully saturated rings. The van der Waals surface area contributed by atoms with Gasteiger partial charge in [0, 0.05) is 12.1 Å². The second-order valence-electron chi connectivity index (χ2n) is 8.09. The molecule has 0 bridgehead atoms. The van der Waals surface area contributed by atoms with Crippen LogP contribution in [0.25, 0.3) is 11.3 Å². The smallest absolute Gasteiger partial charge is 0.260 e. The fourth-order valence-electron chi connectivity index (χ4n) is 4.45. The van der Waals surface area contributed by atoms with Gasteiger partial charge in [0.15, 0.2) is 0 Å². The molecule has 4 heteroatoms. The predicted molar refractivity (Wildman–Crippen MR) is 121 cm³/mol. The number of carbonyl (C=O) groups excluding carboxylic acids is 1. The third-order valence-corrected chi connectivity index (χ3v) is 6.06. The van der Waals surface area contributed by atoms with Crippen LogP contribution in [0.2, 0.25) is 0 Å². The maximum absolute atomic E-state index is 14.0. The van der Waals surface area contributed by atoms with Crippen LogP contribution in [0.5, 0.6) is 0 Å². The van der Waals surface area contributed by atoms with E-state index in [0.29, 0.717) is 23.6 Å². The topological polar surface area (TPSA) is 46.3 Å². The van der Waals surface area contributed by atoms with E-state index in [9.17, 15) is 4.79 Å². The first-order chi connectivity index (χ1) is 15.1. The Kier molecular flexibility index (Phi) is 4.91. The predicted octanol–water partition coefficient (Wildman–Crippen LogP) is 5.75. The van der Waals surface area contributed by atoms with E-state index in [1.807, 2.05) is 48.2 Å². The highest BCUT2D eigenvalue weighted by molar-refractivity contribution is 6.01. The van der Waals surface area contributed by atoms with Crippen molar-refractivity contribution in [2.24, 2.45) is 0 Å². The zero-order chi connectivity index (χ0) is 21.4. The molecule has 1 aliphatic heterocycles. The molecular weight excluding hydrogens is 384 g/mol. The molecule has 3 aromatic carbocycles. The highest BCUT2D eigenvalue weighted by Gasteiger charge is 2.35. The van der Waals surface area contributed by atoms with E-state index < -0.39 is 0 Å². The van der Waals surface area contributed by atoms with Gasteiger partial charge in [0.05, 0.1) is 6.04 Å². The van der Waals surface area contributed by atoms with Gasteiger partial charge in [-0.25, -0.2) is 0 Å². The van der Waals surface area contributed by atoms with Crippen molar-refractivity contribution in [1.82, 2.24) is 10.1 Å². The van der Waals surface area contributed by atoms with Crippen LogP contribution >= 0.6 is 0 Å². The third-order valence-electron chi connectivity index (χ3n) is 6.06. The lowest BCUT2D eigenvalue weighted by molar-refractivity contribution is 0.0693. The Morgan fingerprint density at radius 1 is 0.935 bits per heavy atom. The number of fused-ring (bicyclic) bond motifs is 1. The number of aromatic nitrogens is 1. The Morgan fingerprint density at radius 2 is 1.65 bits per heavy atom. The number of hydrogen-bond acceptors (Lipinski definition) is 3. The molecular formula is C27H24N2O2. The monoisotopic (exact) mass is 408 g/mol. The largest absolute Gasteiger partial charge is 0.360 e. The molecule has 0 spiro atoms. The standard InChI is InChI=1S/C27H24N2O2/c1-18-12-14-22(15-13-18)26-23-11-7-6-8-20(23)16-17-29(26)27(30)24-19(2)31-28-25(24)21-9-4-3-5-10-21/h3-15,26H,16-17H2,1-2H3/t26-/m1/s1. The minimum Gasteiger partial charge on any atom is -0.360 e. The van der Waals surface area contributed by atoms with Crippen LogP contribution in [-0.4, -0.2) is 22.5 Å². The molecule has 0 saturated carbocycles. The van der Waals surface area contributed by atoms with E-state index in [1.165, 1.54) is 16.7 Å². The van der Waals surface area contributed by atoms with E-state index in [4.69, 9.17) is 4.52 Å². The van der Waals surface area contributed by atoms with Gasteiger partial charge >= 0.3 is 0 Å². The summed E-state index contributed by atoms with van der Waals surface area (Å²) in [6.07, 6.45) is 0.829. The highest BCUT2D eigenvalue weighted by Crippen LogP contribution is 2.37. The number of nitrogens with zero attached hydrogens (tertiary/aromatic N) is 2. The maximum Gasteiger partial charge on any atom is 0.260 e. The van der Waals surface area contributed by atoms with Crippen LogP contribution in [0.15, 0.2) is 83.4 Å². The molecule has 4 aromatic rings. The SMILES string of the molecule is Cc1ccc([C@@H]2c3ccccc3CCN2C(=O)c2c(-c3ccccc3)noc2C)cc1. The molecule has 0 saturated heterocycles. The van der Waals surface area contributed by atoms with Crippen LogP contribution < -0.4 is 0 Å². The third kappa shape index (κ3) is 3.44. The lowest BCUT2D eigenvalue weighted by Crippen LogP contribution is -2.41. The highest BCUT2D eigenvalue weighted by atomic mass is 16.5. The molecule has 1 amide bonds. The van der Waals surface area contributed by atoms with Crippen molar-refractivity contribution in [3.8, 4) is 11.3 Å². The fourth-order valence-corrected chi connectivity index (χ4v) is 4.45. The summed E-state index contributed by atoms with van der Waals surface area (Å²) < 4.78 is 5.49. The second kappa shape index (κ2) is 7.88. The summed E-state index contributed by atoms with van der Waals surface area (Å²) in [6.45, 7) is 4.53. The Balaban J connectivity index is 1.62. The van der Waals surface area contributed by atoms with Gasteiger partial charge in [-0.1, -0.05) is 89.6 Å². The molecule has 31 heavy (non-hydrogen) atoms. The van der Waals surface area contributed by atoms with Crippen LogP contribution in [0.4, 0.5) is 0 Å². The van der Waals surface area contributed by atoms with Crippen molar-refractivity contribution in [2.75, 3.05) is 6.54 Å². The van der Waals surface area contributed by atoms with E-state index in [0.717, 1.165) is 17.5 Å². The molecule has 4 nitrogen and oxygen atoms in total. The molecule has 0 aliphatic carbocycles. The second-order valence-corrected chi connectivity index (χ2v) is 8.09. The van der Waals surface area contributed by atoms with Gasteiger partial charge in [0.2, 0.25) is 0 Å². The lowest BCUT2D eigenvalue weighted by Gasteiger charge is -2.38. The number of rotatable bonds is 3. The summed E-state index contributed by atoms with van der Waals surface area (Å²) >= 11 is 0. The van der Waals surface area contributed by atoms with Gasteiger partial charge < -0.3 is 9.42 Å². The van der Waals surface area contributed by atoms with Gasteiger partial charge in [0.25, 0.3) is 5.91 Å². The summed E-state index contributed by atoms with van der Waals surface area (Å²) in [6, 6.07) is 26.5. The summed E-state index contributed by atoms with van der Waals surface area (Å²) in [5.74, 6) is 0.503. The van der Waals surface area contributed by atoms with E-state index >= 15 is 0 Å². The van der Waals surface area contributed by atoms with Crippen LogP contribution in [0.1, 0.15) is 44.4 Å². The van der Waals surface area contributed by atoms with Gasteiger partial charge in [0.1, 0.15) is 17.0 Å². The minimum atomic E-state index is -0.143. The van der Waals surface area contributed by atoms with E-state index in [1.54, 1.807) is 0 Å². The molecule has 154 valence electrons. The zero-order valence-electron chi connectivity index (χ0n) is 17.7. The molecule has 0 radical (unpaired) electrons. The normalized spacial score (nSPS) is 15.5. The lowest BCUT2D eigenvalue weighted by atomic mass is 9.87. The van der Waals surface area contributed by atoms with Gasteiger partial charge in [-0.2, -0.15) is 0 Å². The quantitative estimate of drug-likeness (QED) is 0.434. The van der Waals surface area contributed by atoms with Gasteiger partial charge in [-0.3, -0.25) is 4.79 Å². The molecule has 2 heterocycles. The summed E-state index contributed by atoms with van der Waals surface area (Å²) in [5.41, 5.74) is 6.82.